The molecule has 0 radical (unpaired) electrons. The van der Waals surface area contributed by atoms with Gasteiger partial charge in [0.2, 0.25) is 5.91 Å². The highest BCUT2D eigenvalue weighted by Gasteiger charge is 2.15. The SMILES string of the molecule is CCN(C(=O)Cc1cccc(Br)c1)c1ccc(Br)cn1. The fraction of sp³-hybridized carbons (Fsp3) is 0.200. The molecule has 0 aliphatic carbocycles. The van der Waals surface area contributed by atoms with Crippen LogP contribution in [0.5, 0.6) is 0 Å². The van der Waals surface area contributed by atoms with Gasteiger partial charge >= 0.3 is 0 Å². The Balaban J connectivity index is 2.15. The molecule has 2 aromatic rings. The van der Waals surface area contributed by atoms with Crippen LogP contribution in [0.4, 0.5) is 5.82 Å². The molecule has 0 atom stereocenters. The fourth-order valence-corrected chi connectivity index (χ4v) is 2.59. The third-order valence-corrected chi connectivity index (χ3v) is 3.81. The third kappa shape index (κ3) is 3.90. The van der Waals surface area contributed by atoms with Crippen LogP contribution in [0.25, 0.3) is 0 Å². The maximum absolute atomic E-state index is 12.4. The average Bonchev–Trinajstić information content (AvgIpc) is 2.42. The van der Waals surface area contributed by atoms with Gasteiger partial charge in [-0.25, -0.2) is 4.98 Å². The summed E-state index contributed by atoms with van der Waals surface area (Å²) in [5, 5.41) is 0. The summed E-state index contributed by atoms with van der Waals surface area (Å²) < 4.78 is 1.88. The van der Waals surface area contributed by atoms with Gasteiger partial charge < -0.3 is 0 Å². The first-order chi connectivity index (χ1) is 9.60. The Hall–Kier alpha value is -1.20. The van der Waals surface area contributed by atoms with Crippen LogP contribution in [0.2, 0.25) is 0 Å². The molecule has 20 heavy (non-hydrogen) atoms. The van der Waals surface area contributed by atoms with Gasteiger partial charge in [-0.2, -0.15) is 0 Å². The molecule has 0 fully saturated rings. The van der Waals surface area contributed by atoms with E-state index in [0.29, 0.717) is 18.8 Å². The van der Waals surface area contributed by atoms with Crippen LogP contribution in [0.3, 0.4) is 0 Å². The minimum absolute atomic E-state index is 0.0421. The van der Waals surface area contributed by atoms with Gasteiger partial charge in [-0.15, -0.1) is 0 Å². The number of anilines is 1. The third-order valence-electron chi connectivity index (χ3n) is 2.85. The van der Waals surface area contributed by atoms with E-state index in [9.17, 15) is 4.79 Å². The first kappa shape index (κ1) is 15.2. The Morgan fingerprint density at radius 3 is 2.60 bits per heavy atom. The number of halogens is 2. The summed E-state index contributed by atoms with van der Waals surface area (Å²) in [6, 6.07) is 11.5. The molecule has 0 bridgehead atoms. The molecule has 3 nitrogen and oxygen atoms in total. The van der Waals surface area contributed by atoms with Gasteiger partial charge in [0.1, 0.15) is 5.82 Å². The van der Waals surface area contributed by atoms with Gasteiger partial charge in [0, 0.05) is 21.7 Å². The predicted molar refractivity (Wildman–Crippen MR) is 87.8 cm³/mol. The minimum atomic E-state index is 0.0421. The largest absolute Gasteiger partial charge is 0.297 e. The summed E-state index contributed by atoms with van der Waals surface area (Å²) in [6.07, 6.45) is 2.06. The summed E-state index contributed by atoms with van der Waals surface area (Å²) in [5.41, 5.74) is 0.986. The highest BCUT2D eigenvalue weighted by atomic mass is 79.9. The van der Waals surface area contributed by atoms with Gasteiger partial charge in [-0.1, -0.05) is 28.1 Å². The molecule has 1 amide bonds. The Bertz CT molecular complexity index is 599. The molecule has 0 N–H and O–H groups in total. The first-order valence-corrected chi connectivity index (χ1v) is 7.85. The number of carbonyl (C=O) groups is 1. The number of amides is 1. The quantitative estimate of drug-likeness (QED) is 0.774. The smallest absolute Gasteiger partial charge is 0.232 e. The lowest BCUT2D eigenvalue weighted by atomic mass is 10.1. The highest BCUT2D eigenvalue weighted by molar-refractivity contribution is 9.10. The Morgan fingerprint density at radius 2 is 2.00 bits per heavy atom. The number of hydrogen-bond acceptors (Lipinski definition) is 2. The van der Waals surface area contributed by atoms with E-state index in [0.717, 1.165) is 14.5 Å². The van der Waals surface area contributed by atoms with E-state index in [1.807, 2.05) is 43.3 Å². The van der Waals surface area contributed by atoms with E-state index in [1.165, 1.54) is 0 Å². The van der Waals surface area contributed by atoms with Crippen molar-refractivity contribution in [1.82, 2.24) is 4.98 Å². The number of likely N-dealkylation sites (N-methyl/N-ethyl adjacent to an activating group) is 1. The molecule has 0 unspecified atom stereocenters. The van der Waals surface area contributed by atoms with Crippen molar-refractivity contribution in [3.63, 3.8) is 0 Å². The van der Waals surface area contributed by atoms with E-state index in [1.54, 1.807) is 11.1 Å². The summed E-state index contributed by atoms with van der Waals surface area (Å²) in [5.74, 6) is 0.719. The number of benzene rings is 1. The number of carbonyl (C=O) groups excluding carboxylic acids is 1. The maximum atomic E-state index is 12.4. The maximum Gasteiger partial charge on any atom is 0.232 e. The molecular formula is C15H14Br2N2O. The van der Waals surface area contributed by atoms with Gasteiger partial charge in [0.05, 0.1) is 6.42 Å². The molecule has 0 saturated heterocycles. The zero-order valence-corrected chi connectivity index (χ0v) is 14.2. The fourth-order valence-electron chi connectivity index (χ4n) is 1.91. The second-order valence-electron chi connectivity index (χ2n) is 4.28. The van der Waals surface area contributed by atoms with Crippen LogP contribution in [0.1, 0.15) is 12.5 Å². The number of aromatic nitrogens is 1. The van der Waals surface area contributed by atoms with E-state index < -0.39 is 0 Å². The summed E-state index contributed by atoms with van der Waals surface area (Å²) >= 11 is 6.76. The van der Waals surface area contributed by atoms with Crippen molar-refractivity contribution in [3.8, 4) is 0 Å². The molecular weight excluding hydrogens is 384 g/mol. The van der Waals surface area contributed by atoms with Crippen LogP contribution in [-0.2, 0) is 11.2 Å². The number of rotatable bonds is 4. The topological polar surface area (TPSA) is 33.2 Å². The van der Waals surface area contributed by atoms with Crippen LogP contribution in [0, 0.1) is 0 Å². The first-order valence-electron chi connectivity index (χ1n) is 6.26. The van der Waals surface area contributed by atoms with Crippen molar-refractivity contribution in [3.05, 3.63) is 57.1 Å². The van der Waals surface area contributed by atoms with Crippen LogP contribution in [-0.4, -0.2) is 17.4 Å². The van der Waals surface area contributed by atoms with Gasteiger partial charge in [0.15, 0.2) is 0 Å². The van der Waals surface area contributed by atoms with Gasteiger partial charge in [-0.05, 0) is 52.7 Å². The lowest BCUT2D eigenvalue weighted by Gasteiger charge is -2.20. The zero-order chi connectivity index (χ0) is 14.5. The molecule has 5 heteroatoms. The Kier molecular flexibility index (Phi) is 5.31. The van der Waals surface area contributed by atoms with E-state index in [-0.39, 0.29) is 5.91 Å². The van der Waals surface area contributed by atoms with Crippen molar-refractivity contribution >= 4 is 43.6 Å². The second kappa shape index (κ2) is 6.99. The molecule has 104 valence electrons. The lowest BCUT2D eigenvalue weighted by Crippen LogP contribution is -2.32. The normalized spacial score (nSPS) is 10.3. The van der Waals surface area contributed by atoms with Crippen molar-refractivity contribution in [1.29, 1.82) is 0 Å². The van der Waals surface area contributed by atoms with E-state index in [2.05, 4.69) is 36.8 Å². The number of nitrogens with zero attached hydrogens (tertiary/aromatic N) is 2. The Labute approximate surface area is 135 Å². The van der Waals surface area contributed by atoms with Gasteiger partial charge in [-0.3, -0.25) is 9.69 Å². The minimum Gasteiger partial charge on any atom is -0.297 e. The summed E-state index contributed by atoms with van der Waals surface area (Å²) in [4.78, 5) is 18.4. The van der Waals surface area contributed by atoms with Crippen molar-refractivity contribution in [2.75, 3.05) is 11.4 Å². The Morgan fingerprint density at radius 1 is 1.20 bits per heavy atom. The lowest BCUT2D eigenvalue weighted by molar-refractivity contribution is -0.118. The molecule has 0 saturated carbocycles. The van der Waals surface area contributed by atoms with Crippen LogP contribution in [0.15, 0.2) is 51.5 Å². The molecule has 1 heterocycles. The van der Waals surface area contributed by atoms with Crippen LogP contribution >= 0.6 is 31.9 Å². The van der Waals surface area contributed by atoms with Crippen molar-refractivity contribution < 1.29 is 4.79 Å². The molecule has 1 aromatic heterocycles. The van der Waals surface area contributed by atoms with Crippen LogP contribution < -0.4 is 4.90 Å². The monoisotopic (exact) mass is 396 g/mol. The average molecular weight is 398 g/mol. The molecule has 2 rings (SSSR count). The molecule has 0 aliphatic heterocycles. The standard InChI is InChI=1S/C15H14Br2N2O/c1-2-19(14-7-6-13(17)10-18-14)15(20)9-11-4-3-5-12(16)8-11/h3-8,10H,2,9H2,1H3. The highest BCUT2D eigenvalue weighted by Crippen LogP contribution is 2.17. The van der Waals surface area contributed by atoms with Crippen molar-refractivity contribution in [2.24, 2.45) is 0 Å². The number of pyridine rings is 1. The summed E-state index contributed by atoms with van der Waals surface area (Å²) in [7, 11) is 0. The van der Waals surface area contributed by atoms with E-state index >= 15 is 0 Å². The molecule has 1 aromatic carbocycles. The molecule has 0 aliphatic rings. The second-order valence-corrected chi connectivity index (χ2v) is 6.11. The number of hydrogen-bond donors (Lipinski definition) is 0. The molecule has 0 spiro atoms. The predicted octanol–water partition coefficient (Wildman–Crippen LogP) is 4.20. The zero-order valence-electron chi connectivity index (χ0n) is 11.0. The summed E-state index contributed by atoms with van der Waals surface area (Å²) in [6.45, 7) is 2.55. The van der Waals surface area contributed by atoms with Crippen molar-refractivity contribution in [2.45, 2.75) is 13.3 Å². The van der Waals surface area contributed by atoms with Gasteiger partial charge in [0.25, 0.3) is 0 Å². The van der Waals surface area contributed by atoms with E-state index in [4.69, 9.17) is 0 Å².